The van der Waals surface area contributed by atoms with Crippen molar-refractivity contribution >= 4 is 15.9 Å². The molecule has 0 spiro atoms. The molecule has 0 radical (unpaired) electrons. The lowest BCUT2D eigenvalue weighted by atomic mass is 9.99. The lowest BCUT2D eigenvalue weighted by molar-refractivity contribution is 0.450. The molecule has 0 aliphatic carbocycles. The highest BCUT2D eigenvalue weighted by molar-refractivity contribution is 9.10. The summed E-state index contributed by atoms with van der Waals surface area (Å²) in [6.45, 7) is 2.17. The molecule has 0 aromatic heterocycles. The van der Waals surface area contributed by atoms with Gasteiger partial charge in [0.1, 0.15) is 11.6 Å². The van der Waals surface area contributed by atoms with Crippen LogP contribution < -0.4 is 5.32 Å². The van der Waals surface area contributed by atoms with Gasteiger partial charge in [-0.15, -0.1) is 0 Å². The van der Waals surface area contributed by atoms with E-state index in [2.05, 4.69) is 28.2 Å². The lowest BCUT2D eigenvalue weighted by Gasteiger charge is -2.18. The molecule has 4 heteroatoms. The Balaban J connectivity index is 2.67. The first-order chi connectivity index (χ1) is 9.11. The molecule has 19 heavy (non-hydrogen) atoms. The maximum absolute atomic E-state index is 14.0. The zero-order valence-electron chi connectivity index (χ0n) is 11.6. The number of hydrogen-bond donors (Lipinski definition) is 1. The van der Waals surface area contributed by atoms with Gasteiger partial charge in [-0.2, -0.15) is 0 Å². The normalized spacial score (nSPS) is 12.7. The van der Waals surface area contributed by atoms with E-state index in [9.17, 15) is 8.78 Å². The Labute approximate surface area is 122 Å². The smallest absolute Gasteiger partial charge is 0.145 e. The highest BCUT2D eigenvalue weighted by atomic mass is 79.9. The van der Waals surface area contributed by atoms with Crippen molar-refractivity contribution in [2.75, 3.05) is 7.05 Å². The Morgan fingerprint density at radius 3 is 2.47 bits per heavy atom. The second-order valence-electron chi connectivity index (χ2n) is 4.80. The van der Waals surface area contributed by atoms with Crippen molar-refractivity contribution in [3.05, 3.63) is 33.8 Å². The molecular formula is C15H22BrF2N. The van der Waals surface area contributed by atoms with Gasteiger partial charge < -0.3 is 5.32 Å². The molecule has 0 heterocycles. The fourth-order valence-corrected chi connectivity index (χ4v) is 2.59. The number of rotatable bonds is 8. The summed E-state index contributed by atoms with van der Waals surface area (Å²) in [5.74, 6) is -0.971. The van der Waals surface area contributed by atoms with E-state index in [-0.39, 0.29) is 11.6 Å². The number of nitrogens with one attached hydrogen (secondary N) is 1. The van der Waals surface area contributed by atoms with E-state index >= 15 is 0 Å². The third kappa shape index (κ3) is 4.84. The third-order valence-corrected chi connectivity index (χ3v) is 3.99. The third-order valence-electron chi connectivity index (χ3n) is 3.37. The molecule has 1 rings (SSSR count). The second-order valence-corrected chi connectivity index (χ2v) is 5.66. The molecule has 0 amide bonds. The van der Waals surface area contributed by atoms with E-state index < -0.39 is 11.6 Å². The molecule has 0 saturated carbocycles. The van der Waals surface area contributed by atoms with Crippen molar-refractivity contribution < 1.29 is 8.78 Å². The van der Waals surface area contributed by atoms with Crippen molar-refractivity contribution in [3.8, 4) is 0 Å². The zero-order valence-corrected chi connectivity index (χ0v) is 13.2. The molecule has 1 atom stereocenters. The first-order valence-corrected chi connectivity index (χ1v) is 7.71. The van der Waals surface area contributed by atoms with Crippen LogP contribution in [0.2, 0.25) is 0 Å². The quantitative estimate of drug-likeness (QED) is 0.499. The predicted octanol–water partition coefficient (Wildman–Crippen LogP) is 5.35. The molecule has 1 nitrogen and oxygen atoms in total. The summed E-state index contributed by atoms with van der Waals surface area (Å²) >= 11 is 3.11. The Bertz CT molecular complexity index is 396. The summed E-state index contributed by atoms with van der Waals surface area (Å²) in [4.78, 5) is 0. The minimum Gasteiger partial charge on any atom is -0.313 e. The summed E-state index contributed by atoms with van der Waals surface area (Å²) in [6.07, 6.45) is 6.47. The van der Waals surface area contributed by atoms with Gasteiger partial charge in [0, 0.05) is 11.6 Å². The van der Waals surface area contributed by atoms with Crippen LogP contribution >= 0.6 is 15.9 Å². The zero-order chi connectivity index (χ0) is 14.3. The van der Waals surface area contributed by atoms with Gasteiger partial charge in [-0.1, -0.05) is 39.0 Å². The highest BCUT2D eigenvalue weighted by Gasteiger charge is 2.20. The molecule has 1 N–H and O–H groups in total. The van der Waals surface area contributed by atoms with Crippen LogP contribution in [0.25, 0.3) is 0 Å². The van der Waals surface area contributed by atoms with Gasteiger partial charge in [0.05, 0.1) is 4.47 Å². The Hall–Kier alpha value is -0.480. The van der Waals surface area contributed by atoms with E-state index in [1.54, 1.807) is 7.05 Å². The van der Waals surface area contributed by atoms with Crippen molar-refractivity contribution in [1.82, 2.24) is 5.32 Å². The molecule has 1 unspecified atom stereocenters. The van der Waals surface area contributed by atoms with Crippen molar-refractivity contribution in [1.29, 1.82) is 0 Å². The maximum atomic E-state index is 14.0. The van der Waals surface area contributed by atoms with Crippen LogP contribution in [0.5, 0.6) is 0 Å². The molecule has 0 fully saturated rings. The van der Waals surface area contributed by atoms with Crippen LogP contribution in [0, 0.1) is 11.6 Å². The van der Waals surface area contributed by atoms with Gasteiger partial charge in [0.2, 0.25) is 0 Å². The van der Waals surface area contributed by atoms with E-state index in [0.717, 1.165) is 19.3 Å². The monoisotopic (exact) mass is 333 g/mol. The Kier molecular flexibility index (Phi) is 7.54. The first kappa shape index (κ1) is 16.6. The summed E-state index contributed by atoms with van der Waals surface area (Å²) in [5, 5.41) is 3.02. The van der Waals surface area contributed by atoms with E-state index in [4.69, 9.17) is 0 Å². The van der Waals surface area contributed by atoms with Gasteiger partial charge in [-0.25, -0.2) is 8.78 Å². The molecule has 1 aromatic carbocycles. The summed E-state index contributed by atoms with van der Waals surface area (Å²) in [5.41, 5.74) is 0.146. The van der Waals surface area contributed by atoms with Crippen LogP contribution in [-0.2, 0) is 0 Å². The topological polar surface area (TPSA) is 12.0 Å². The van der Waals surface area contributed by atoms with Gasteiger partial charge in [0.25, 0.3) is 0 Å². The maximum Gasteiger partial charge on any atom is 0.145 e. The largest absolute Gasteiger partial charge is 0.313 e. The van der Waals surface area contributed by atoms with E-state index in [1.807, 2.05) is 0 Å². The van der Waals surface area contributed by atoms with Crippen molar-refractivity contribution in [2.24, 2.45) is 0 Å². The van der Waals surface area contributed by atoms with Crippen LogP contribution in [0.1, 0.15) is 57.1 Å². The Morgan fingerprint density at radius 2 is 1.84 bits per heavy atom. The fraction of sp³-hybridized carbons (Fsp3) is 0.600. The van der Waals surface area contributed by atoms with Gasteiger partial charge >= 0.3 is 0 Å². The van der Waals surface area contributed by atoms with Crippen LogP contribution in [0.15, 0.2) is 16.6 Å². The number of halogens is 3. The second kappa shape index (κ2) is 8.64. The van der Waals surface area contributed by atoms with Crippen LogP contribution in [-0.4, -0.2) is 7.05 Å². The first-order valence-electron chi connectivity index (χ1n) is 6.92. The minimum absolute atomic E-state index is 0.146. The van der Waals surface area contributed by atoms with Crippen LogP contribution in [0.3, 0.4) is 0 Å². The van der Waals surface area contributed by atoms with E-state index in [1.165, 1.54) is 31.4 Å². The predicted molar refractivity (Wildman–Crippen MR) is 79.2 cm³/mol. The summed E-state index contributed by atoms with van der Waals surface area (Å²) in [7, 11) is 1.75. The standard InChI is InChI=1S/C15H22BrF2N/c1-3-4-5-6-7-8-13(19-2)14-12(17)10-9-11(16)15(14)18/h9-10,13,19H,3-8H2,1-2H3. The molecule has 0 saturated heterocycles. The fourth-order valence-electron chi connectivity index (χ4n) is 2.25. The van der Waals surface area contributed by atoms with E-state index in [0.29, 0.717) is 4.47 Å². The van der Waals surface area contributed by atoms with Gasteiger partial charge in [-0.05, 0) is 41.5 Å². The summed E-state index contributed by atoms with van der Waals surface area (Å²) in [6, 6.07) is 2.45. The SMILES string of the molecule is CCCCCCCC(NC)c1c(F)ccc(Br)c1F. The molecular weight excluding hydrogens is 312 g/mol. The summed E-state index contributed by atoms with van der Waals surface area (Å²) < 4.78 is 28.1. The molecule has 0 bridgehead atoms. The molecule has 0 aliphatic rings. The van der Waals surface area contributed by atoms with Gasteiger partial charge in [0.15, 0.2) is 0 Å². The highest BCUT2D eigenvalue weighted by Crippen LogP contribution is 2.29. The van der Waals surface area contributed by atoms with Crippen molar-refractivity contribution in [3.63, 3.8) is 0 Å². The number of benzene rings is 1. The molecule has 108 valence electrons. The Morgan fingerprint density at radius 1 is 1.16 bits per heavy atom. The van der Waals surface area contributed by atoms with Gasteiger partial charge in [-0.3, -0.25) is 0 Å². The minimum atomic E-state index is -0.493. The van der Waals surface area contributed by atoms with Crippen LogP contribution in [0.4, 0.5) is 8.78 Å². The molecule has 0 aliphatic heterocycles. The molecule has 1 aromatic rings. The average Bonchev–Trinajstić information content (AvgIpc) is 2.41. The lowest BCUT2D eigenvalue weighted by Crippen LogP contribution is -2.19. The number of hydrogen-bond acceptors (Lipinski definition) is 1. The number of unbranched alkanes of at least 4 members (excludes halogenated alkanes) is 4. The van der Waals surface area contributed by atoms with Crippen molar-refractivity contribution in [2.45, 2.75) is 51.5 Å². The average molecular weight is 334 g/mol.